The molecule has 0 unspecified atom stereocenters. The molecule has 0 spiro atoms. The first-order valence-electron chi connectivity index (χ1n) is 10.4. The summed E-state index contributed by atoms with van der Waals surface area (Å²) in [6, 6.07) is 16.2. The molecule has 0 aliphatic carbocycles. The maximum atomic E-state index is 14.7. The average molecular weight is 396 g/mol. The molecule has 0 radical (unpaired) electrons. The summed E-state index contributed by atoms with van der Waals surface area (Å²) in [7, 11) is 0. The van der Waals surface area contributed by atoms with E-state index in [1.54, 1.807) is 30.3 Å². The lowest BCUT2D eigenvalue weighted by atomic mass is 9.92. The van der Waals surface area contributed by atoms with Crippen molar-refractivity contribution in [2.24, 2.45) is 0 Å². The highest BCUT2D eigenvalue weighted by atomic mass is 19.2. The minimum absolute atomic E-state index is 0.0983. The molecule has 152 valence electrons. The number of benzene rings is 3. The van der Waals surface area contributed by atoms with Gasteiger partial charge in [0, 0.05) is 11.1 Å². The van der Waals surface area contributed by atoms with Crippen molar-refractivity contribution in [2.45, 2.75) is 51.9 Å². The Hall–Kier alpha value is -2.55. The molecule has 0 amide bonds. The smallest absolute Gasteiger partial charge is 0.167 e. The molecule has 0 aliphatic heterocycles. The zero-order chi connectivity index (χ0) is 20.6. The van der Waals surface area contributed by atoms with Crippen molar-refractivity contribution in [3.05, 3.63) is 83.7 Å². The molecule has 29 heavy (non-hydrogen) atoms. The van der Waals surface area contributed by atoms with Gasteiger partial charge in [0.25, 0.3) is 0 Å². The fourth-order valence-corrected chi connectivity index (χ4v) is 3.68. The van der Waals surface area contributed by atoms with Crippen molar-refractivity contribution in [1.82, 2.24) is 0 Å². The Morgan fingerprint density at radius 3 is 2.03 bits per heavy atom. The van der Waals surface area contributed by atoms with Crippen LogP contribution in [0.4, 0.5) is 13.2 Å². The first-order valence-corrected chi connectivity index (χ1v) is 10.4. The van der Waals surface area contributed by atoms with Crippen molar-refractivity contribution >= 4 is 0 Å². The largest absolute Gasteiger partial charge is 0.206 e. The number of hydrogen-bond donors (Lipinski definition) is 0. The lowest BCUT2D eigenvalue weighted by Gasteiger charge is -2.13. The van der Waals surface area contributed by atoms with E-state index in [1.807, 2.05) is 12.1 Å². The quantitative estimate of drug-likeness (QED) is 0.319. The van der Waals surface area contributed by atoms with Crippen LogP contribution in [0.25, 0.3) is 22.3 Å². The third kappa shape index (κ3) is 5.29. The predicted molar refractivity (Wildman–Crippen MR) is 114 cm³/mol. The predicted octanol–water partition coefficient (Wildman–Crippen LogP) is 8.34. The summed E-state index contributed by atoms with van der Waals surface area (Å²) in [5.41, 5.74) is 2.44. The van der Waals surface area contributed by atoms with E-state index >= 15 is 0 Å². The standard InChI is InChI=1S/C26H27F3/c1-2-3-4-5-6-7-10-19-13-15-20(16-14-19)25-22(17-18-24(28)26(25)29)21-11-8-9-12-23(21)27/h8-9,11-18H,2-7,10H2,1H3. The van der Waals surface area contributed by atoms with E-state index in [4.69, 9.17) is 0 Å². The molecule has 3 aromatic rings. The molecular weight excluding hydrogens is 369 g/mol. The second-order valence-corrected chi connectivity index (χ2v) is 7.48. The summed E-state index contributed by atoms with van der Waals surface area (Å²) < 4.78 is 43.0. The highest BCUT2D eigenvalue weighted by molar-refractivity contribution is 5.84. The van der Waals surface area contributed by atoms with E-state index < -0.39 is 17.5 Å². The second-order valence-electron chi connectivity index (χ2n) is 7.48. The molecule has 0 saturated heterocycles. The highest BCUT2D eigenvalue weighted by Gasteiger charge is 2.18. The van der Waals surface area contributed by atoms with Crippen LogP contribution in [-0.4, -0.2) is 0 Å². The summed E-state index contributed by atoms with van der Waals surface area (Å²) >= 11 is 0. The van der Waals surface area contributed by atoms with Gasteiger partial charge in [0.05, 0.1) is 0 Å². The van der Waals surface area contributed by atoms with Crippen LogP contribution in [0.5, 0.6) is 0 Å². The average Bonchev–Trinajstić information content (AvgIpc) is 2.74. The van der Waals surface area contributed by atoms with Crippen molar-refractivity contribution in [1.29, 1.82) is 0 Å². The van der Waals surface area contributed by atoms with Gasteiger partial charge in [0.1, 0.15) is 5.82 Å². The number of rotatable bonds is 9. The molecule has 0 aromatic heterocycles. The number of hydrogen-bond acceptors (Lipinski definition) is 0. The summed E-state index contributed by atoms with van der Waals surface area (Å²) in [6.45, 7) is 2.21. The Bertz CT molecular complexity index is 929. The van der Waals surface area contributed by atoms with Crippen LogP contribution in [-0.2, 0) is 6.42 Å². The van der Waals surface area contributed by atoms with Gasteiger partial charge in [-0.25, -0.2) is 13.2 Å². The van der Waals surface area contributed by atoms with Crippen molar-refractivity contribution in [3.63, 3.8) is 0 Å². The molecule has 3 heteroatoms. The molecule has 3 aromatic carbocycles. The minimum atomic E-state index is -0.950. The molecule has 0 atom stereocenters. The number of aryl methyl sites for hydroxylation is 1. The normalized spacial score (nSPS) is 11.0. The Balaban J connectivity index is 1.82. The van der Waals surface area contributed by atoms with Crippen LogP contribution < -0.4 is 0 Å². The van der Waals surface area contributed by atoms with E-state index in [-0.39, 0.29) is 11.1 Å². The number of halogens is 3. The van der Waals surface area contributed by atoms with Crippen LogP contribution in [0.1, 0.15) is 51.0 Å². The Morgan fingerprint density at radius 2 is 1.31 bits per heavy atom. The van der Waals surface area contributed by atoms with E-state index in [9.17, 15) is 13.2 Å². The third-order valence-corrected chi connectivity index (χ3v) is 5.32. The van der Waals surface area contributed by atoms with Crippen molar-refractivity contribution in [2.75, 3.05) is 0 Å². The Labute approximate surface area is 171 Å². The maximum absolute atomic E-state index is 14.7. The molecule has 0 saturated carbocycles. The van der Waals surface area contributed by atoms with Crippen LogP contribution in [0.2, 0.25) is 0 Å². The number of unbranched alkanes of at least 4 members (excludes halogenated alkanes) is 5. The van der Waals surface area contributed by atoms with Crippen molar-refractivity contribution in [3.8, 4) is 22.3 Å². The highest BCUT2D eigenvalue weighted by Crippen LogP contribution is 2.36. The van der Waals surface area contributed by atoms with Gasteiger partial charge < -0.3 is 0 Å². The van der Waals surface area contributed by atoms with E-state index in [0.29, 0.717) is 11.1 Å². The van der Waals surface area contributed by atoms with Crippen LogP contribution in [0.3, 0.4) is 0 Å². The Morgan fingerprint density at radius 1 is 0.621 bits per heavy atom. The third-order valence-electron chi connectivity index (χ3n) is 5.32. The summed E-state index contributed by atoms with van der Waals surface area (Å²) in [4.78, 5) is 0. The second kappa shape index (κ2) is 10.3. The first kappa shape index (κ1) is 21.2. The fourth-order valence-electron chi connectivity index (χ4n) is 3.68. The summed E-state index contributed by atoms with van der Waals surface area (Å²) in [5, 5.41) is 0. The zero-order valence-corrected chi connectivity index (χ0v) is 16.9. The SMILES string of the molecule is CCCCCCCCc1ccc(-c2c(-c3ccccc3F)ccc(F)c2F)cc1. The molecule has 0 fully saturated rings. The van der Waals surface area contributed by atoms with E-state index in [0.717, 1.165) is 18.9 Å². The molecule has 0 nitrogen and oxygen atoms in total. The zero-order valence-electron chi connectivity index (χ0n) is 16.9. The lowest BCUT2D eigenvalue weighted by Crippen LogP contribution is -1.96. The van der Waals surface area contributed by atoms with Gasteiger partial charge in [-0.2, -0.15) is 0 Å². The van der Waals surface area contributed by atoms with Crippen LogP contribution in [0, 0.1) is 17.5 Å². The summed E-state index contributed by atoms with van der Waals surface area (Å²) in [6.07, 6.45) is 8.37. The van der Waals surface area contributed by atoms with Gasteiger partial charge in [-0.1, -0.05) is 87.6 Å². The molecule has 0 heterocycles. The van der Waals surface area contributed by atoms with Gasteiger partial charge in [-0.3, -0.25) is 0 Å². The van der Waals surface area contributed by atoms with Crippen molar-refractivity contribution < 1.29 is 13.2 Å². The van der Waals surface area contributed by atoms with E-state index in [2.05, 4.69) is 6.92 Å². The van der Waals surface area contributed by atoms with Gasteiger partial charge >= 0.3 is 0 Å². The fraction of sp³-hybridized carbons (Fsp3) is 0.308. The van der Waals surface area contributed by atoms with Crippen LogP contribution >= 0.6 is 0 Å². The Kier molecular flexibility index (Phi) is 7.51. The monoisotopic (exact) mass is 396 g/mol. The molecule has 0 aliphatic rings. The van der Waals surface area contributed by atoms with Crippen LogP contribution in [0.15, 0.2) is 60.7 Å². The topological polar surface area (TPSA) is 0 Å². The van der Waals surface area contributed by atoms with Gasteiger partial charge in [0.15, 0.2) is 11.6 Å². The minimum Gasteiger partial charge on any atom is -0.206 e. The molecule has 0 bridgehead atoms. The van der Waals surface area contributed by atoms with Gasteiger partial charge in [-0.05, 0) is 41.7 Å². The van der Waals surface area contributed by atoms with E-state index in [1.165, 1.54) is 49.8 Å². The molecule has 0 N–H and O–H groups in total. The maximum Gasteiger partial charge on any atom is 0.167 e. The summed E-state index contributed by atoms with van der Waals surface area (Å²) in [5.74, 6) is -2.34. The lowest BCUT2D eigenvalue weighted by molar-refractivity contribution is 0.511. The molecular formula is C26H27F3. The molecule has 3 rings (SSSR count). The van der Waals surface area contributed by atoms with Gasteiger partial charge in [0.2, 0.25) is 0 Å². The first-order chi connectivity index (χ1) is 14.1. The van der Waals surface area contributed by atoms with Gasteiger partial charge in [-0.15, -0.1) is 0 Å².